The molecule has 1 amide bonds. The molecule has 0 aliphatic heterocycles. The fourth-order valence-electron chi connectivity index (χ4n) is 4.00. The molecule has 0 radical (unpaired) electrons. The van der Waals surface area contributed by atoms with E-state index in [0.29, 0.717) is 13.0 Å². The third kappa shape index (κ3) is 25.6. The van der Waals surface area contributed by atoms with E-state index in [1.165, 1.54) is 51.4 Å². The molecule has 0 rings (SSSR count). The Labute approximate surface area is 217 Å². The van der Waals surface area contributed by atoms with Crippen LogP contribution in [0.4, 0.5) is 4.79 Å². The van der Waals surface area contributed by atoms with Crippen molar-refractivity contribution in [1.82, 2.24) is 10.6 Å². The van der Waals surface area contributed by atoms with Gasteiger partial charge in [-0.1, -0.05) is 71.6 Å². The summed E-state index contributed by atoms with van der Waals surface area (Å²) in [5, 5.41) is 6.20. The van der Waals surface area contributed by atoms with Gasteiger partial charge in [0.1, 0.15) is 11.7 Å². The molecule has 0 aromatic heterocycles. The molecule has 0 spiro atoms. The third-order valence-corrected chi connectivity index (χ3v) is 5.99. The van der Waals surface area contributed by atoms with E-state index in [9.17, 15) is 9.59 Å². The lowest BCUT2D eigenvalue weighted by Crippen LogP contribution is -2.34. The number of nitrogens with one attached hydrogen (secondary N) is 2. The zero-order valence-electron chi connectivity index (χ0n) is 23.9. The second-order valence-corrected chi connectivity index (χ2v) is 10.9. The van der Waals surface area contributed by atoms with Gasteiger partial charge in [0, 0.05) is 13.0 Å². The van der Waals surface area contributed by atoms with Gasteiger partial charge in [-0.25, -0.2) is 4.79 Å². The van der Waals surface area contributed by atoms with Crippen LogP contribution >= 0.6 is 0 Å². The SMILES string of the molecule is CCCCCCCC(CCCCC)OC(=O)CCCCCCCNCCCNC(=O)OC(C)(C)C. The Balaban J connectivity index is 3.68. The maximum atomic E-state index is 12.3. The molecule has 6 nitrogen and oxygen atoms in total. The van der Waals surface area contributed by atoms with Crippen molar-refractivity contribution in [2.24, 2.45) is 0 Å². The minimum Gasteiger partial charge on any atom is -0.462 e. The van der Waals surface area contributed by atoms with Crippen LogP contribution < -0.4 is 10.6 Å². The molecule has 0 aromatic carbocycles. The van der Waals surface area contributed by atoms with Crippen molar-refractivity contribution in [3.8, 4) is 0 Å². The Morgan fingerprint density at radius 1 is 0.686 bits per heavy atom. The van der Waals surface area contributed by atoms with Gasteiger partial charge in [0.25, 0.3) is 0 Å². The minimum absolute atomic E-state index is 0.00159. The molecular formula is C29H58N2O4. The van der Waals surface area contributed by atoms with E-state index in [0.717, 1.165) is 64.5 Å². The topological polar surface area (TPSA) is 76.7 Å². The van der Waals surface area contributed by atoms with E-state index in [-0.39, 0.29) is 18.2 Å². The zero-order chi connectivity index (χ0) is 26.2. The number of carbonyl (C=O) groups excluding carboxylic acids is 2. The Kier molecular flexibility index (Phi) is 22.3. The fourth-order valence-corrected chi connectivity index (χ4v) is 4.00. The molecule has 0 aliphatic carbocycles. The van der Waals surface area contributed by atoms with Gasteiger partial charge in [-0.15, -0.1) is 0 Å². The van der Waals surface area contributed by atoms with Gasteiger partial charge in [0.05, 0.1) is 0 Å². The second kappa shape index (κ2) is 23.1. The van der Waals surface area contributed by atoms with Crippen molar-refractivity contribution >= 4 is 12.1 Å². The summed E-state index contributed by atoms with van der Waals surface area (Å²) in [6.07, 6.45) is 18.7. The fraction of sp³-hybridized carbons (Fsp3) is 0.931. The van der Waals surface area contributed by atoms with Crippen molar-refractivity contribution in [2.45, 2.75) is 155 Å². The van der Waals surface area contributed by atoms with Gasteiger partial charge < -0.3 is 20.1 Å². The third-order valence-electron chi connectivity index (χ3n) is 5.99. The van der Waals surface area contributed by atoms with E-state index in [4.69, 9.17) is 9.47 Å². The van der Waals surface area contributed by atoms with Crippen molar-refractivity contribution in [3.05, 3.63) is 0 Å². The molecule has 0 saturated carbocycles. The average molecular weight is 499 g/mol. The predicted molar refractivity (Wildman–Crippen MR) is 147 cm³/mol. The number of amides is 1. The zero-order valence-corrected chi connectivity index (χ0v) is 23.9. The highest BCUT2D eigenvalue weighted by atomic mass is 16.6. The number of alkyl carbamates (subject to hydrolysis) is 1. The standard InChI is InChI=1S/C29H58N2O4/c1-6-8-10-12-16-21-26(20-15-9-7-2)34-27(32)22-17-13-11-14-18-23-30-24-19-25-31-28(33)35-29(3,4)5/h26,30H,6-25H2,1-5H3,(H,31,33). The van der Waals surface area contributed by atoms with Crippen LogP contribution in [0.25, 0.3) is 0 Å². The van der Waals surface area contributed by atoms with Gasteiger partial charge in [-0.2, -0.15) is 0 Å². The van der Waals surface area contributed by atoms with Crippen LogP contribution in [0, 0.1) is 0 Å². The van der Waals surface area contributed by atoms with Gasteiger partial charge in [0.2, 0.25) is 0 Å². The molecule has 35 heavy (non-hydrogen) atoms. The molecule has 0 bridgehead atoms. The van der Waals surface area contributed by atoms with Gasteiger partial charge >= 0.3 is 12.1 Å². The van der Waals surface area contributed by atoms with Crippen LogP contribution in [0.1, 0.15) is 144 Å². The maximum Gasteiger partial charge on any atom is 0.407 e. The lowest BCUT2D eigenvalue weighted by molar-refractivity contribution is -0.150. The maximum absolute atomic E-state index is 12.3. The number of hydrogen-bond acceptors (Lipinski definition) is 5. The number of esters is 1. The van der Waals surface area contributed by atoms with E-state index >= 15 is 0 Å². The molecule has 208 valence electrons. The van der Waals surface area contributed by atoms with E-state index in [1.54, 1.807) is 0 Å². The summed E-state index contributed by atoms with van der Waals surface area (Å²) in [6, 6.07) is 0. The number of hydrogen-bond donors (Lipinski definition) is 2. The normalized spacial score (nSPS) is 12.4. The Bertz CT molecular complexity index is 505. The van der Waals surface area contributed by atoms with Gasteiger partial charge in [-0.3, -0.25) is 4.79 Å². The van der Waals surface area contributed by atoms with Crippen molar-refractivity contribution in [3.63, 3.8) is 0 Å². The van der Waals surface area contributed by atoms with E-state index in [2.05, 4.69) is 24.5 Å². The first-order chi connectivity index (χ1) is 16.8. The van der Waals surface area contributed by atoms with E-state index < -0.39 is 5.60 Å². The molecule has 0 heterocycles. The number of ether oxygens (including phenoxy) is 2. The summed E-state index contributed by atoms with van der Waals surface area (Å²) in [5.74, 6) is 0.00159. The Morgan fingerprint density at radius 3 is 1.91 bits per heavy atom. The summed E-state index contributed by atoms with van der Waals surface area (Å²) in [7, 11) is 0. The summed E-state index contributed by atoms with van der Waals surface area (Å²) in [5.41, 5.74) is -0.452. The average Bonchev–Trinajstić information content (AvgIpc) is 2.78. The van der Waals surface area contributed by atoms with Crippen molar-refractivity contribution < 1.29 is 19.1 Å². The highest BCUT2D eigenvalue weighted by molar-refractivity contribution is 5.69. The number of rotatable bonds is 23. The molecule has 2 N–H and O–H groups in total. The lowest BCUT2D eigenvalue weighted by Gasteiger charge is -2.19. The van der Waals surface area contributed by atoms with Crippen LogP contribution in [0.5, 0.6) is 0 Å². The molecule has 0 fully saturated rings. The molecule has 0 aromatic rings. The quantitative estimate of drug-likeness (QED) is 0.112. The minimum atomic E-state index is -0.452. The van der Waals surface area contributed by atoms with Crippen molar-refractivity contribution in [2.75, 3.05) is 19.6 Å². The first-order valence-electron chi connectivity index (χ1n) is 14.7. The molecule has 1 unspecified atom stereocenters. The highest BCUT2D eigenvalue weighted by Gasteiger charge is 2.15. The van der Waals surface area contributed by atoms with Crippen LogP contribution in [0.2, 0.25) is 0 Å². The smallest absolute Gasteiger partial charge is 0.407 e. The molecular weight excluding hydrogens is 440 g/mol. The largest absolute Gasteiger partial charge is 0.462 e. The number of carbonyl (C=O) groups is 2. The number of unbranched alkanes of at least 4 members (excludes halogenated alkanes) is 10. The summed E-state index contributed by atoms with van der Waals surface area (Å²) in [4.78, 5) is 23.9. The highest BCUT2D eigenvalue weighted by Crippen LogP contribution is 2.17. The van der Waals surface area contributed by atoms with Crippen LogP contribution in [-0.4, -0.2) is 43.4 Å². The first-order valence-corrected chi connectivity index (χ1v) is 14.7. The molecule has 0 aliphatic rings. The Hall–Kier alpha value is -1.30. The van der Waals surface area contributed by atoms with Crippen molar-refractivity contribution in [1.29, 1.82) is 0 Å². The Morgan fingerprint density at radius 2 is 1.23 bits per heavy atom. The molecule has 1 atom stereocenters. The molecule has 0 saturated heterocycles. The van der Waals surface area contributed by atoms with Gasteiger partial charge in [0.15, 0.2) is 0 Å². The molecule has 6 heteroatoms. The summed E-state index contributed by atoms with van der Waals surface area (Å²) < 4.78 is 11.1. The van der Waals surface area contributed by atoms with Crippen LogP contribution in [-0.2, 0) is 14.3 Å². The van der Waals surface area contributed by atoms with E-state index in [1.807, 2.05) is 20.8 Å². The predicted octanol–water partition coefficient (Wildman–Crippen LogP) is 7.68. The lowest BCUT2D eigenvalue weighted by atomic mass is 10.0. The summed E-state index contributed by atoms with van der Waals surface area (Å²) >= 11 is 0. The van der Waals surface area contributed by atoms with Crippen LogP contribution in [0.3, 0.4) is 0 Å². The van der Waals surface area contributed by atoms with Gasteiger partial charge in [-0.05, 0) is 78.8 Å². The first kappa shape index (κ1) is 33.7. The van der Waals surface area contributed by atoms with Crippen LogP contribution in [0.15, 0.2) is 0 Å². The summed E-state index contributed by atoms with van der Waals surface area (Å²) in [6.45, 7) is 12.5. The monoisotopic (exact) mass is 498 g/mol. The second-order valence-electron chi connectivity index (χ2n) is 10.9.